The third-order valence-corrected chi connectivity index (χ3v) is 9.21. The van der Waals surface area contributed by atoms with Crippen LogP contribution in [0.15, 0.2) is 0 Å². The molecular weight excluding hydrogens is 468 g/mol. The van der Waals surface area contributed by atoms with Gasteiger partial charge >= 0.3 is 15.6 Å². The summed E-state index contributed by atoms with van der Waals surface area (Å²) in [5, 5.41) is 0. The molecule has 0 aromatic rings. The van der Waals surface area contributed by atoms with Crippen molar-refractivity contribution in [3.63, 3.8) is 0 Å². The van der Waals surface area contributed by atoms with E-state index >= 15 is 0 Å². The summed E-state index contributed by atoms with van der Waals surface area (Å²) in [6, 6.07) is 0. The van der Waals surface area contributed by atoms with Gasteiger partial charge in [0.2, 0.25) is 0 Å². The van der Waals surface area contributed by atoms with Gasteiger partial charge in [0, 0.05) is 0 Å². The predicted molar refractivity (Wildman–Crippen MR) is 139 cm³/mol. The summed E-state index contributed by atoms with van der Waals surface area (Å²) < 4.78 is 57.5. The SMILES string of the molecule is CCCCCCCCP(CCCCCCCC)CCCCCCCC.O=S(=O)(O)C(F)(F)F. The van der Waals surface area contributed by atoms with Crippen molar-refractivity contribution < 1.29 is 26.1 Å². The topological polar surface area (TPSA) is 54.4 Å². The van der Waals surface area contributed by atoms with Crippen LogP contribution in [0, 0.1) is 0 Å². The van der Waals surface area contributed by atoms with Crippen LogP contribution in [-0.4, -0.2) is 37.0 Å². The molecule has 0 atom stereocenters. The van der Waals surface area contributed by atoms with Gasteiger partial charge in [-0.25, -0.2) is 0 Å². The van der Waals surface area contributed by atoms with Gasteiger partial charge < -0.3 is 0 Å². The van der Waals surface area contributed by atoms with Gasteiger partial charge in [0.05, 0.1) is 0 Å². The average Bonchev–Trinajstić information content (AvgIpc) is 2.74. The molecule has 0 bridgehead atoms. The second-order valence-electron chi connectivity index (χ2n) is 9.07. The maximum absolute atomic E-state index is 10.7. The highest BCUT2D eigenvalue weighted by Crippen LogP contribution is 2.39. The summed E-state index contributed by atoms with van der Waals surface area (Å²) >= 11 is 0. The first-order valence-electron chi connectivity index (χ1n) is 13.4. The quantitative estimate of drug-likeness (QED) is 0.0709. The van der Waals surface area contributed by atoms with Crippen molar-refractivity contribution >= 4 is 18.0 Å². The van der Waals surface area contributed by atoms with E-state index in [2.05, 4.69) is 20.8 Å². The fourth-order valence-electron chi connectivity index (χ4n) is 3.68. The van der Waals surface area contributed by atoms with Crippen LogP contribution in [0.2, 0.25) is 0 Å². The fraction of sp³-hybridized carbons (Fsp3) is 1.00. The number of halogens is 3. The lowest BCUT2D eigenvalue weighted by Crippen LogP contribution is -2.21. The van der Waals surface area contributed by atoms with Crippen LogP contribution in [0.25, 0.3) is 0 Å². The minimum atomic E-state index is -5.84. The van der Waals surface area contributed by atoms with Crippen LogP contribution >= 0.6 is 7.92 Å². The first-order chi connectivity index (χ1) is 15.6. The van der Waals surface area contributed by atoms with Gasteiger partial charge in [-0.15, -0.1) is 7.92 Å². The van der Waals surface area contributed by atoms with Gasteiger partial charge in [0.15, 0.2) is 0 Å². The minimum absolute atomic E-state index is 0.366. The molecule has 0 aliphatic carbocycles. The van der Waals surface area contributed by atoms with Gasteiger partial charge in [-0.3, -0.25) is 4.55 Å². The number of hydrogen-bond acceptors (Lipinski definition) is 2. The zero-order valence-electron chi connectivity index (χ0n) is 21.6. The first-order valence-corrected chi connectivity index (χ1v) is 16.7. The highest BCUT2D eigenvalue weighted by molar-refractivity contribution is 7.86. The van der Waals surface area contributed by atoms with E-state index in [1.54, 1.807) is 18.5 Å². The predicted octanol–water partition coefficient (Wildman–Crippen LogP) is 9.94. The Balaban J connectivity index is 0. The maximum atomic E-state index is 10.7. The maximum Gasteiger partial charge on any atom is 0.522 e. The first kappa shape index (κ1) is 35.3. The van der Waals surface area contributed by atoms with Crippen LogP contribution in [-0.2, 0) is 10.1 Å². The van der Waals surface area contributed by atoms with Crippen molar-refractivity contribution in [1.29, 1.82) is 0 Å². The molecule has 0 unspecified atom stereocenters. The van der Waals surface area contributed by atoms with Crippen molar-refractivity contribution in [2.24, 2.45) is 0 Å². The molecule has 0 fully saturated rings. The summed E-state index contributed by atoms with van der Waals surface area (Å²) in [5.41, 5.74) is -5.53. The van der Waals surface area contributed by atoms with E-state index in [1.807, 2.05) is 0 Å². The second kappa shape index (κ2) is 23.9. The van der Waals surface area contributed by atoms with E-state index in [1.165, 1.54) is 116 Å². The van der Waals surface area contributed by atoms with Crippen molar-refractivity contribution in [2.45, 2.75) is 142 Å². The number of unbranched alkanes of at least 4 members (excludes halogenated alkanes) is 15. The zero-order chi connectivity index (χ0) is 25.4. The summed E-state index contributed by atoms with van der Waals surface area (Å²) in [7, 11) is -5.47. The average molecular weight is 521 g/mol. The summed E-state index contributed by atoms with van der Waals surface area (Å²) in [5.74, 6) is 0. The van der Waals surface area contributed by atoms with E-state index in [4.69, 9.17) is 13.0 Å². The Morgan fingerprint density at radius 1 is 0.545 bits per heavy atom. The molecule has 0 aliphatic heterocycles. The zero-order valence-corrected chi connectivity index (χ0v) is 23.3. The van der Waals surface area contributed by atoms with E-state index in [0.29, 0.717) is 7.92 Å². The van der Waals surface area contributed by atoms with Crippen LogP contribution in [0.5, 0.6) is 0 Å². The highest BCUT2D eigenvalue weighted by atomic mass is 32.2. The Hall–Kier alpha value is 0.130. The van der Waals surface area contributed by atoms with E-state index < -0.39 is 15.6 Å². The standard InChI is InChI=1S/C24H51P.CHF3O3S/c1-4-7-10-13-16-19-22-25(23-20-17-14-11-8-5-2)24-21-18-15-12-9-6-3;2-1(3,4)8(5,6)7/h4-24H2,1-3H3;(H,5,6,7). The lowest BCUT2D eigenvalue weighted by Gasteiger charge is -2.18. The Kier molecular flexibility index (Phi) is 25.5. The van der Waals surface area contributed by atoms with Crippen LogP contribution in [0.4, 0.5) is 13.2 Å². The number of alkyl halides is 3. The number of rotatable bonds is 21. The summed E-state index contributed by atoms with van der Waals surface area (Å²) in [4.78, 5) is 0. The van der Waals surface area contributed by atoms with E-state index in [0.717, 1.165) is 0 Å². The molecule has 3 nitrogen and oxygen atoms in total. The molecule has 33 heavy (non-hydrogen) atoms. The van der Waals surface area contributed by atoms with Crippen molar-refractivity contribution in [1.82, 2.24) is 0 Å². The highest BCUT2D eigenvalue weighted by Gasteiger charge is 2.44. The Morgan fingerprint density at radius 2 is 0.758 bits per heavy atom. The second-order valence-corrected chi connectivity index (χ2v) is 13.2. The van der Waals surface area contributed by atoms with Gasteiger partial charge in [-0.2, -0.15) is 21.6 Å². The molecule has 202 valence electrons. The monoisotopic (exact) mass is 520 g/mol. The molecule has 0 amide bonds. The Bertz CT molecular complexity index is 462. The Labute approximate surface area is 204 Å². The van der Waals surface area contributed by atoms with Gasteiger partial charge in [-0.1, -0.05) is 117 Å². The Morgan fingerprint density at radius 3 is 0.970 bits per heavy atom. The molecule has 1 N–H and O–H groups in total. The van der Waals surface area contributed by atoms with Gasteiger partial charge in [0.25, 0.3) is 0 Å². The van der Waals surface area contributed by atoms with Crippen molar-refractivity contribution in [2.75, 3.05) is 18.5 Å². The smallest absolute Gasteiger partial charge is 0.279 e. The third kappa shape index (κ3) is 26.6. The summed E-state index contributed by atoms with van der Waals surface area (Å²) in [6.45, 7) is 6.96. The fourth-order valence-corrected chi connectivity index (χ4v) is 6.37. The minimum Gasteiger partial charge on any atom is -0.279 e. The van der Waals surface area contributed by atoms with Crippen molar-refractivity contribution in [3.8, 4) is 0 Å². The molecule has 0 radical (unpaired) electrons. The lowest BCUT2D eigenvalue weighted by atomic mass is 10.1. The van der Waals surface area contributed by atoms with Crippen LogP contribution in [0.1, 0.15) is 136 Å². The molecule has 0 aliphatic rings. The van der Waals surface area contributed by atoms with Crippen LogP contribution < -0.4 is 0 Å². The van der Waals surface area contributed by atoms with Gasteiger partial charge in [-0.05, 0) is 37.7 Å². The molecule has 0 rings (SSSR count). The molecule has 0 saturated heterocycles. The molecule has 0 saturated carbocycles. The normalized spacial score (nSPS) is 12.1. The molecule has 0 spiro atoms. The van der Waals surface area contributed by atoms with Crippen LogP contribution in [0.3, 0.4) is 0 Å². The van der Waals surface area contributed by atoms with E-state index in [-0.39, 0.29) is 0 Å². The molecule has 0 aromatic carbocycles. The largest absolute Gasteiger partial charge is 0.522 e. The molecule has 0 heterocycles. The third-order valence-electron chi connectivity index (χ3n) is 5.78. The molecular formula is C25H52F3O3PS. The number of hydrogen-bond donors (Lipinski definition) is 1. The molecule has 8 heteroatoms. The van der Waals surface area contributed by atoms with Gasteiger partial charge in [0.1, 0.15) is 0 Å². The lowest BCUT2D eigenvalue weighted by molar-refractivity contribution is -0.0510. The van der Waals surface area contributed by atoms with Crippen molar-refractivity contribution in [3.05, 3.63) is 0 Å². The summed E-state index contributed by atoms with van der Waals surface area (Å²) in [6.07, 6.45) is 31.2. The molecule has 0 aromatic heterocycles. The van der Waals surface area contributed by atoms with E-state index in [9.17, 15) is 13.2 Å².